The van der Waals surface area contributed by atoms with Crippen molar-refractivity contribution in [2.45, 2.75) is 18.9 Å². The van der Waals surface area contributed by atoms with Gasteiger partial charge in [0.05, 0.1) is 11.9 Å². The molecule has 1 unspecified atom stereocenters. The molecule has 0 aromatic carbocycles. The zero-order valence-electron chi connectivity index (χ0n) is 8.42. The number of carbonyl (C=O) groups is 1. The number of aromatic amines is 1. The molecule has 1 atom stereocenters. The predicted molar refractivity (Wildman–Crippen MR) is 62.2 cm³/mol. The summed E-state index contributed by atoms with van der Waals surface area (Å²) >= 11 is 3.17. The molecule has 0 aliphatic carbocycles. The Hall–Kier alpha value is -1.37. The molecule has 7 heteroatoms. The number of H-pyrrole nitrogens is 1. The van der Waals surface area contributed by atoms with Gasteiger partial charge in [-0.1, -0.05) is 0 Å². The summed E-state index contributed by atoms with van der Waals surface area (Å²) in [7, 11) is 0. The molecular weight excluding hydrogens is 276 g/mol. The summed E-state index contributed by atoms with van der Waals surface area (Å²) in [5.41, 5.74) is 0.352. The monoisotopic (exact) mass is 286 g/mol. The zero-order valence-corrected chi connectivity index (χ0v) is 10.0. The summed E-state index contributed by atoms with van der Waals surface area (Å²) in [6.45, 7) is 0.593. The Balaban J connectivity index is 1.97. The first kappa shape index (κ1) is 11.1. The molecule has 0 bridgehead atoms. The predicted octanol–water partition coefficient (Wildman–Crippen LogP) is 0.223. The van der Waals surface area contributed by atoms with Crippen molar-refractivity contribution in [2.24, 2.45) is 0 Å². The van der Waals surface area contributed by atoms with E-state index in [2.05, 4.69) is 36.8 Å². The van der Waals surface area contributed by atoms with E-state index in [1.165, 1.54) is 6.20 Å². The van der Waals surface area contributed by atoms with Crippen LogP contribution in [0, 0.1) is 0 Å². The summed E-state index contributed by atoms with van der Waals surface area (Å²) in [5.74, 6) is 0.0786. The molecule has 2 heterocycles. The van der Waals surface area contributed by atoms with Crippen LogP contribution in [0.15, 0.2) is 15.5 Å². The van der Waals surface area contributed by atoms with Gasteiger partial charge in [0.25, 0.3) is 5.56 Å². The van der Waals surface area contributed by atoms with Crippen molar-refractivity contribution in [1.29, 1.82) is 0 Å². The Morgan fingerprint density at radius 2 is 2.38 bits per heavy atom. The molecule has 1 aliphatic heterocycles. The Labute approximate surface area is 99.9 Å². The lowest BCUT2D eigenvalue weighted by Crippen LogP contribution is -2.32. The van der Waals surface area contributed by atoms with E-state index in [-0.39, 0.29) is 17.5 Å². The fourth-order valence-electron chi connectivity index (χ4n) is 1.57. The first-order valence-electron chi connectivity index (χ1n) is 4.93. The summed E-state index contributed by atoms with van der Waals surface area (Å²) in [6.07, 6.45) is 2.92. The van der Waals surface area contributed by atoms with Gasteiger partial charge < -0.3 is 10.6 Å². The third kappa shape index (κ3) is 2.41. The number of carbonyl (C=O) groups excluding carboxylic acids is 1. The number of hydrogen-bond donors (Lipinski definition) is 3. The van der Waals surface area contributed by atoms with E-state index in [1.54, 1.807) is 0 Å². The van der Waals surface area contributed by atoms with E-state index in [4.69, 9.17) is 0 Å². The highest BCUT2D eigenvalue weighted by Crippen LogP contribution is 2.16. The second kappa shape index (κ2) is 4.65. The maximum atomic E-state index is 11.2. The molecule has 0 saturated carbocycles. The highest BCUT2D eigenvalue weighted by molar-refractivity contribution is 9.10. The van der Waals surface area contributed by atoms with E-state index in [0.717, 1.165) is 6.42 Å². The SMILES string of the molecule is O=C1CCC(CNc2cn[nH]c(=O)c2Br)N1. The molecule has 86 valence electrons. The second-order valence-electron chi connectivity index (χ2n) is 3.61. The van der Waals surface area contributed by atoms with Gasteiger partial charge in [-0.05, 0) is 22.4 Å². The van der Waals surface area contributed by atoms with Crippen LogP contribution in [0.25, 0.3) is 0 Å². The number of halogens is 1. The summed E-state index contributed by atoms with van der Waals surface area (Å²) in [5, 5.41) is 11.9. The molecular formula is C9H11BrN4O2. The van der Waals surface area contributed by atoms with Gasteiger partial charge in [0.2, 0.25) is 5.91 Å². The zero-order chi connectivity index (χ0) is 11.5. The van der Waals surface area contributed by atoms with Gasteiger partial charge in [0, 0.05) is 19.0 Å². The average molecular weight is 287 g/mol. The number of aromatic nitrogens is 2. The quantitative estimate of drug-likeness (QED) is 0.742. The number of amides is 1. The lowest BCUT2D eigenvalue weighted by molar-refractivity contribution is -0.119. The van der Waals surface area contributed by atoms with Crippen LogP contribution in [0.5, 0.6) is 0 Å². The minimum absolute atomic E-state index is 0.0786. The number of anilines is 1. The van der Waals surface area contributed by atoms with E-state index in [1.807, 2.05) is 0 Å². The van der Waals surface area contributed by atoms with Crippen molar-refractivity contribution in [1.82, 2.24) is 15.5 Å². The molecule has 1 fully saturated rings. The fourth-order valence-corrected chi connectivity index (χ4v) is 1.90. The van der Waals surface area contributed by atoms with Crippen LogP contribution in [0.4, 0.5) is 5.69 Å². The first-order chi connectivity index (χ1) is 7.66. The smallest absolute Gasteiger partial charge is 0.280 e. The van der Waals surface area contributed by atoms with Gasteiger partial charge in [-0.15, -0.1) is 0 Å². The molecule has 1 aromatic rings. The van der Waals surface area contributed by atoms with E-state index in [0.29, 0.717) is 23.1 Å². The highest BCUT2D eigenvalue weighted by atomic mass is 79.9. The number of rotatable bonds is 3. The van der Waals surface area contributed by atoms with E-state index < -0.39 is 0 Å². The third-order valence-electron chi connectivity index (χ3n) is 2.42. The molecule has 1 aromatic heterocycles. The van der Waals surface area contributed by atoms with E-state index >= 15 is 0 Å². The van der Waals surface area contributed by atoms with Gasteiger partial charge in [-0.3, -0.25) is 9.59 Å². The summed E-state index contributed by atoms with van der Waals surface area (Å²) in [6, 6.07) is 0.124. The van der Waals surface area contributed by atoms with Crippen molar-refractivity contribution in [3.8, 4) is 0 Å². The van der Waals surface area contributed by atoms with Crippen molar-refractivity contribution in [3.63, 3.8) is 0 Å². The van der Waals surface area contributed by atoms with Crippen molar-refractivity contribution < 1.29 is 4.79 Å². The highest BCUT2D eigenvalue weighted by Gasteiger charge is 2.20. The largest absolute Gasteiger partial charge is 0.381 e. The van der Waals surface area contributed by atoms with Crippen LogP contribution >= 0.6 is 15.9 Å². The normalized spacial score (nSPS) is 19.6. The summed E-state index contributed by atoms with van der Waals surface area (Å²) in [4.78, 5) is 22.2. The summed E-state index contributed by atoms with van der Waals surface area (Å²) < 4.78 is 0.423. The lowest BCUT2D eigenvalue weighted by Gasteiger charge is -2.12. The molecule has 16 heavy (non-hydrogen) atoms. The Morgan fingerprint density at radius 1 is 1.56 bits per heavy atom. The minimum atomic E-state index is -0.277. The maximum Gasteiger partial charge on any atom is 0.280 e. The molecule has 1 amide bonds. The van der Waals surface area contributed by atoms with Crippen molar-refractivity contribution in [2.75, 3.05) is 11.9 Å². The standard InChI is InChI=1S/C9H11BrN4O2/c10-8-6(4-12-14-9(8)16)11-3-5-1-2-7(15)13-5/h4-5H,1-3H2,(H,13,15)(H2,11,14,16). The second-order valence-corrected chi connectivity index (χ2v) is 4.40. The Bertz CT molecular complexity index is 459. The van der Waals surface area contributed by atoms with Gasteiger partial charge in [-0.25, -0.2) is 5.10 Å². The third-order valence-corrected chi connectivity index (χ3v) is 3.21. The molecule has 1 saturated heterocycles. The van der Waals surface area contributed by atoms with Gasteiger partial charge in [0.15, 0.2) is 0 Å². The molecule has 1 aliphatic rings. The molecule has 0 spiro atoms. The van der Waals surface area contributed by atoms with Crippen LogP contribution < -0.4 is 16.2 Å². The van der Waals surface area contributed by atoms with Crippen LogP contribution in [0.3, 0.4) is 0 Å². The number of nitrogens with zero attached hydrogens (tertiary/aromatic N) is 1. The number of nitrogens with one attached hydrogen (secondary N) is 3. The van der Waals surface area contributed by atoms with Gasteiger partial charge in [0.1, 0.15) is 4.47 Å². The minimum Gasteiger partial charge on any atom is -0.381 e. The molecule has 6 nitrogen and oxygen atoms in total. The average Bonchev–Trinajstić information content (AvgIpc) is 2.67. The lowest BCUT2D eigenvalue weighted by atomic mass is 10.2. The first-order valence-corrected chi connectivity index (χ1v) is 5.72. The van der Waals surface area contributed by atoms with Crippen molar-refractivity contribution in [3.05, 3.63) is 21.0 Å². The van der Waals surface area contributed by atoms with Crippen molar-refractivity contribution >= 4 is 27.5 Å². The topological polar surface area (TPSA) is 86.9 Å². The Morgan fingerprint density at radius 3 is 3.06 bits per heavy atom. The van der Waals surface area contributed by atoms with E-state index in [9.17, 15) is 9.59 Å². The number of hydrogen-bond acceptors (Lipinski definition) is 4. The Kier molecular flexibility index (Phi) is 3.23. The molecule has 3 N–H and O–H groups in total. The fraction of sp³-hybridized carbons (Fsp3) is 0.444. The van der Waals surface area contributed by atoms with Gasteiger partial charge >= 0.3 is 0 Å². The van der Waals surface area contributed by atoms with Crippen LogP contribution in [0.2, 0.25) is 0 Å². The van der Waals surface area contributed by atoms with Crippen LogP contribution in [-0.4, -0.2) is 28.7 Å². The molecule has 0 radical (unpaired) electrons. The molecule has 2 rings (SSSR count). The maximum absolute atomic E-state index is 11.2. The van der Waals surface area contributed by atoms with Gasteiger partial charge in [-0.2, -0.15) is 5.10 Å². The van der Waals surface area contributed by atoms with Crippen LogP contribution in [0.1, 0.15) is 12.8 Å². The van der Waals surface area contributed by atoms with Crippen LogP contribution in [-0.2, 0) is 4.79 Å².